The summed E-state index contributed by atoms with van der Waals surface area (Å²) in [5, 5.41) is 25.1. The highest BCUT2D eigenvalue weighted by atomic mass is 16.4. The lowest BCUT2D eigenvalue weighted by Gasteiger charge is -2.08. The Morgan fingerprint density at radius 3 is 2.23 bits per heavy atom. The molecule has 0 unspecified atom stereocenters. The first kappa shape index (κ1) is 17.5. The van der Waals surface area contributed by atoms with Crippen LogP contribution in [0.1, 0.15) is 6.92 Å². The van der Waals surface area contributed by atoms with Crippen molar-refractivity contribution in [2.75, 3.05) is 0 Å². The second-order valence-corrected chi connectivity index (χ2v) is 4.58. The zero-order chi connectivity index (χ0) is 16.7. The van der Waals surface area contributed by atoms with Crippen molar-refractivity contribution in [3.8, 4) is 11.3 Å². The van der Waals surface area contributed by atoms with Crippen molar-refractivity contribution in [2.24, 2.45) is 7.05 Å². The maximum Gasteiger partial charge on any atom is 0.335 e. The van der Waals surface area contributed by atoms with Gasteiger partial charge in [-0.05, 0) is 31.2 Å². The summed E-state index contributed by atoms with van der Waals surface area (Å²) in [6.45, 7) is 0.997. The molecule has 3 N–H and O–H groups in total. The molecule has 0 bridgehead atoms. The fraction of sp³-hybridized carbons (Fsp3) is 0.267. The standard InChI is InChI=1S/C10H10N2.C5H8O5/c1-12-7-3-5-10(12)9-4-2-6-11-8-9;1-2(6)3(7)4(8)5(9)10/h2-8H,1H3;3-4,7-8H,1H3,(H,9,10)/t;3-,4+/m.0/s1. The van der Waals surface area contributed by atoms with Gasteiger partial charge in [-0.25, -0.2) is 4.79 Å². The van der Waals surface area contributed by atoms with E-state index in [9.17, 15) is 9.59 Å². The van der Waals surface area contributed by atoms with Gasteiger partial charge in [0.2, 0.25) is 0 Å². The lowest BCUT2D eigenvalue weighted by Crippen LogP contribution is -2.38. The number of hydrogen-bond acceptors (Lipinski definition) is 5. The Hall–Kier alpha value is -2.51. The summed E-state index contributed by atoms with van der Waals surface area (Å²) < 4.78 is 2.08. The maximum absolute atomic E-state index is 10.2. The molecule has 2 heterocycles. The minimum atomic E-state index is -2.02. The highest BCUT2D eigenvalue weighted by Crippen LogP contribution is 2.16. The van der Waals surface area contributed by atoms with Crippen LogP contribution in [0.25, 0.3) is 11.3 Å². The van der Waals surface area contributed by atoms with Gasteiger partial charge in [0.1, 0.15) is 6.10 Å². The largest absolute Gasteiger partial charge is 0.479 e. The number of nitrogens with zero attached hydrogens (tertiary/aromatic N) is 2. The van der Waals surface area contributed by atoms with Crippen LogP contribution in [-0.4, -0.2) is 48.8 Å². The fourth-order valence-electron chi connectivity index (χ4n) is 1.63. The number of ketones is 1. The Morgan fingerprint density at radius 1 is 1.18 bits per heavy atom. The Bertz CT molecular complexity index is 606. The molecule has 0 amide bonds. The highest BCUT2D eigenvalue weighted by molar-refractivity contribution is 5.87. The van der Waals surface area contributed by atoms with Gasteiger partial charge in [-0.2, -0.15) is 0 Å². The number of hydrogen-bond donors (Lipinski definition) is 3. The van der Waals surface area contributed by atoms with Gasteiger partial charge in [0, 0.05) is 36.9 Å². The quantitative estimate of drug-likeness (QED) is 0.757. The molecule has 0 saturated heterocycles. The summed E-state index contributed by atoms with van der Waals surface area (Å²) in [7, 11) is 2.03. The molecule has 7 nitrogen and oxygen atoms in total. The number of carbonyl (C=O) groups excluding carboxylic acids is 1. The average molecular weight is 306 g/mol. The Labute approximate surface area is 127 Å². The summed E-state index contributed by atoms with van der Waals surface area (Å²) in [4.78, 5) is 24.2. The summed E-state index contributed by atoms with van der Waals surface area (Å²) in [5.74, 6) is -2.38. The topological polar surface area (TPSA) is 113 Å². The molecule has 2 atom stereocenters. The van der Waals surface area contributed by atoms with Gasteiger partial charge >= 0.3 is 5.97 Å². The van der Waals surface area contributed by atoms with Crippen LogP contribution in [0.15, 0.2) is 42.9 Å². The maximum atomic E-state index is 10.2. The molecule has 7 heteroatoms. The van der Waals surface area contributed by atoms with Crippen LogP contribution in [-0.2, 0) is 16.6 Å². The van der Waals surface area contributed by atoms with E-state index in [2.05, 4.69) is 21.7 Å². The molecule has 0 fully saturated rings. The van der Waals surface area contributed by atoms with Crippen LogP contribution in [0.4, 0.5) is 0 Å². The molecule has 0 saturated carbocycles. The molecule has 2 aromatic rings. The molecular formula is C15H18N2O5. The van der Waals surface area contributed by atoms with Crippen LogP contribution in [0.5, 0.6) is 0 Å². The Morgan fingerprint density at radius 2 is 1.86 bits per heavy atom. The number of carbonyl (C=O) groups is 2. The molecule has 2 rings (SSSR count). The van der Waals surface area contributed by atoms with Gasteiger partial charge < -0.3 is 19.9 Å². The Balaban J connectivity index is 0.000000225. The van der Waals surface area contributed by atoms with Gasteiger partial charge in [0.05, 0.1) is 0 Å². The van der Waals surface area contributed by atoms with E-state index in [1.54, 1.807) is 6.20 Å². The number of rotatable bonds is 4. The van der Waals surface area contributed by atoms with Gasteiger partial charge in [0.25, 0.3) is 0 Å². The second kappa shape index (κ2) is 8.06. The van der Waals surface area contributed by atoms with Crippen molar-refractivity contribution >= 4 is 11.8 Å². The predicted molar refractivity (Wildman–Crippen MR) is 79.0 cm³/mol. The SMILES string of the molecule is CC(=O)[C@H](O)[C@@H](O)C(=O)O.Cn1cccc1-c1cccnc1. The van der Waals surface area contributed by atoms with E-state index >= 15 is 0 Å². The van der Waals surface area contributed by atoms with Crippen molar-refractivity contribution in [1.29, 1.82) is 0 Å². The molecule has 0 spiro atoms. The van der Waals surface area contributed by atoms with Gasteiger partial charge in [0.15, 0.2) is 11.9 Å². The first-order valence-electron chi connectivity index (χ1n) is 6.45. The van der Waals surface area contributed by atoms with E-state index in [1.807, 2.05) is 31.6 Å². The minimum Gasteiger partial charge on any atom is -0.479 e. The number of aliphatic carboxylic acids is 1. The monoisotopic (exact) mass is 306 g/mol. The average Bonchev–Trinajstić information content (AvgIpc) is 2.93. The highest BCUT2D eigenvalue weighted by Gasteiger charge is 2.26. The minimum absolute atomic E-state index is 0.769. The van der Waals surface area contributed by atoms with E-state index in [-0.39, 0.29) is 0 Å². The molecule has 0 radical (unpaired) electrons. The molecule has 0 aliphatic rings. The first-order chi connectivity index (χ1) is 10.3. The molecule has 2 aromatic heterocycles. The van der Waals surface area contributed by atoms with Crippen molar-refractivity contribution in [3.63, 3.8) is 0 Å². The van der Waals surface area contributed by atoms with E-state index < -0.39 is 24.0 Å². The third-order valence-electron chi connectivity index (χ3n) is 2.87. The summed E-state index contributed by atoms with van der Waals surface area (Å²) >= 11 is 0. The lowest BCUT2D eigenvalue weighted by molar-refractivity contribution is -0.156. The predicted octanol–water partition coefficient (Wildman–Crippen LogP) is 0.469. The number of aromatic nitrogens is 2. The van der Waals surface area contributed by atoms with Crippen molar-refractivity contribution in [2.45, 2.75) is 19.1 Å². The van der Waals surface area contributed by atoms with Crippen LogP contribution < -0.4 is 0 Å². The van der Waals surface area contributed by atoms with Crippen LogP contribution >= 0.6 is 0 Å². The molecule has 22 heavy (non-hydrogen) atoms. The molecule has 0 aromatic carbocycles. The number of pyridine rings is 1. The summed E-state index contributed by atoms with van der Waals surface area (Å²) in [6.07, 6.45) is 1.85. The van der Waals surface area contributed by atoms with Gasteiger partial charge in [-0.3, -0.25) is 9.78 Å². The number of carboxylic acids is 1. The zero-order valence-electron chi connectivity index (χ0n) is 12.2. The van der Waals surface area contributed by atoms with E-state index in [4.69, 9.17) is 15.3 Å². The lowest BCUT2D eigenvalue weighted by atomic mass is 10.1. The van der Waals surface area contributed by atoms with Crippen molar-refractivity contribution < 1.29 is 24.9 Å². The van der Waals surface area contributed by atoms with Crippen LogP contribution in [0.2, 0.25) is 0 Å². The third-order valence-corrected chi connectivity index (χ3v) is 2.87. The molecule has 0 aliphatic carbocycles. The molecular weight excluding hydrogens is 288 g/mol. The fourth-order valence-corrected chi connectivity index (χ4v) is 1.63. The second-order valence-electron chi connectivity index (χ2n) is 4.58. The third kappa shape index (κ3) is 4.80. The zero-order valence-corrected chi connectivity index (χ0v) is 12.2. The number of aliphatic hydroxyl groups is 2. The number of Topliss-reactive ketones (excluding diaryl/α,β-unsaturated/α-hetero) is 1. The first-order valence-corrected chi connectivity index (χ1v) is 6.45. The number of aryl methyl sites for hydroxylation is 1. The number of carboxylic acid groups (broad SMARTS) is 1. The van der Waals surface area contributed by atoms with Gasteiger partial charge in [-0.15, -0.1) is 0 Å². The van der Waals surface area contributed by atoms with Crippen LogP contribution in [0.3, 0.4) is 0 Å². The molecule has 0 aliphatic heterocycles. The van der Waals surface area contributed by atoms with Crippen molar-refractivity contribution in [3.05, 3.63) is 42.9 Å². The normalized spacial score (nSPS) is 12.7. The van der Waals surface area contributed by atoms with E-state index in [0.717, 1.165) is 12.5 Å². The molecule has 118 valence electrons. The van der Waals surface area contributed by atoms with E-state index in [1.165, 1.54) is 5.69 Å². The Kier molecular flexibility index (Phi) is 6.43. The summed E-state index contributed by atoms with van der Waals surface area (Å²) in [6, 6.07) is 8.12. The summed E-state index contributed by atoms with van der Waals surface area (Å²) in [5.41, 5.74) is 2.35. The smallest absolute Gasteiger partial charge is 0.335 e. The van der Waals surface area contributed by atoms with Crippen LogP contribution in [0, 0.1) is 0 Å². The van der Waals surface area contributed by atoms with Crippen molar-refractivity contribution in [1.82, 2.24) is 9.55 Å². The van der Waals surface area contributed by atoms with Gasteiger partial charge in [-0.1, -0.05) is 0 Å². The van der Waals surface area contributed by atoms with E-state index in [0.29, 0.717) is 0 Å². The number of aliphatic hydroxyl groups excluding tert-OH is 2.